The van der Waals surface area contributed by atoms with Crippen LogP contribution in [-0.4, -0.2) is 16.1 Å². The topological polar surface area (TPSA) is 81.6 Å². The maximum Gasteiger partial charge on any atom is 0.276 e. The SMILES string of the molecule is N#CCc1ccc(NC(=O)c2n[nH]c3ccccc23)cc1. The number of carbonyl (C=O) groups excluding carboxylic acids is 1. The Labute approximate surface area is 121 Å². The number of nitrogens with zero attached hydrogens (tertiary/aromatic N) is 2. The molecule has 102 valence electrons. The first-order chi connectivity index (χ1) is 10.3. The largest absolute Gasteiger partial charge is 0.321 e. The summed E-state index contributed by atoms with van der Waals surface area (Å²) in [5.41, 5.74) is 2.79. The molecule has 0 unspecified atom stereocenters. The Bertz CT molecular complexity index is 827. The van der Waals surface area contributed by atoms with Crippen molar-refractivity contribution >= 4 is 22.5 Å². The lowest BCUT2D eigenvalue weighted by molar-refractivity contribution is 0.102. The van der Waals surface area contributed by atoms with Crippen LogP contribution in [0.3, 0.4) is 0 Å². The van der Waals surface area contributed by atoms with Gasteiger partial charge in [0.05, 0.1) is 18.0 Å². The van der Waals surface area contributed by atoms with Gasteiger partial charge >= 0.3 is 0 Å². The van der Waals surface area contributed by atoms with Crippen molar-refractivity contribution in [3.05, 3.63) is 59.8 Å². The molecule has 3 rings (SSSR count). The number of anilines is 1. The van der Waals surface area contributed by atoms with Crippen molar-refractivity contribution in [1.29, 1.82) is 5.26 Å². The van der Waals surface area contributed by atoms with Crippen molar-refractivity contribution in [2.75, 3.05) is 5.32 Å². The predicted molar refractivity (Wildman–Crippen MR) is 79.8 cm³/mol. The van der Waals surface area contributed by atoms with E-state index in [0.29, 0.717) is 17.8 Å². The first kappa shape index (κ1) is 12.9. The molecular formula is C16H12N4O. The molecular weight excluding hydrogens is 264 g/mol. The number of benzene rings is 2. The Balaban J connectivity index is 1.81. The lowest BCUT2D eigenvalue weighted by Gasteiger charge is -2.04. The molecule has 1 amide bonds. The van der Waals surface area contributed by atoms with E-state index in [2.05, 4.69) is 21.6 Å². The third-order valence-corrected chi connectivity index (χ3v) is 3.18. The minimum atomic E-state index is -0.263. The van der Waals surface area contributed by atoms with Crippen molar-refractivity contribution in [3.8, 4) is 6.07 Å². The number of nitriles is 1. The highest BCUT2D eigenvalue weighted by Gasteiger charge is 2.13. The van der Waals surface area contributed by atoms with Gasteiger partial charge < -0.3 is 5.32 Å². The molecule has 1 aromatic heterocycles. The molecule has 0 fully saturated rings. The zero-order valence-electron chi connectivity index (χ0n) is 11.1. The molecule has 21 heavy (non-hydrogen) atoms. The fraction of sp³-hybridized carbons (Fsp3) is 0.0625. The van der Waals surface area contributed by atoms with Crippen molar-refractivity contribution in [3.63, 3.8) is 0 Å². The molecule has 0 aliphatic heterocycles. The van der Waals surface area contributed by atoms with Gasteiger partial charge in [0, 0.05) is 11.1 Å². The van der Waals surface area contributed by atoms with Crippen LogP contribution in [0.15, 0.2) is 48.5 Å². The molecule has 2 aromatic carbocycles. The Kier molecular flexibility index (Phi) is 3.36. The van der Waals surface area contributed by atoms with Crippen LogP contribution in [0.25, 0.3) is 10.9 Å². The number of para-hydroxylation sites is 1. The van der Waals surface area contributed by atoms with Gasteiger partial charge in [0.2, 0.25) is 0 Å². The summed E-state index contributed by atoms with van der Waals surface area (Å²) in [7, 11) is 0. The van der Waals surface area contributed by atoms with Gasteiger partial charge in [0.15, 0.2) is 5.69 Å². The molecule has 0 aliphatic carbocycles. The Morgan fingerprint density at radius 2 is 1.95 bits per heavy atom. The molecule has 0 radical (unpaired) electrons. The molecule has 3 aromatic rings. The van der Waals surface area contributed by atoms with E-state index >= 15 is 0 Å². The summed E-state index contributed by atoms with van der Waals surface area (Å²) in [4.78, 5) is 12.3. The quantitative estimate of drug-likeness (QED) is 0.771. The molecule has 0 saturated heterocycles. The zero-order valence-corrected chi connectivity index (χ0v) is 11.1. The van der Waals surface area contributed by atoms with E-state index in [1.807, 2.05) is 36.4 Å². The summed E-state index contributed by atoms with van der Waals surface area (Å²) < 4.78 is 0. The fourth-order valence-electron chi connectivity index (χ4n) is 2.12. The molecule has 5 heteroatoms. The van der Waals surface area contributed by atoms with Gasteiger partial charge in [-0.1, -0.05) is 30.3 Å². The number of aromatic nitrogens is 2. The highest BCUT2D eigenvalue weighted by atomic mass is 16.1. The molecule has 0 bridgehead atoms. The molecule has 0 spiro atoms. The van der Waals surface area contributed by atoms with Crippen LogP contribution in [0.2, 0.25) is 0 Å². The number of nitrogens with one attached hydrogen (secondary N) is 2. The standard InChI is InChI=1S/C16H12N4O/c17-10-9-11-5-7-12(8-6-11)18-16(21)15-13-3-1-2-4-14(13)19-20-15/h1-8H,9H2,(H,18,21)(H,19,20). The number of amides is 1. The van der Waals surface area contributed by atoms with E-state index in [9.17, 15) is 4.79 Å². The van der Waals surface area contributed by atoms with Gasteiger partial charge in [-0.05, 0) is 23.8 Å². The van der Waals surface area contributed by atoms with Crippen molar-refractivity contribution in [2.45, 2.75) is 6.42 Å². The molecule has 1 heterocycles. The smallest absolute Gasteiger partial charge is 0.276 e. The molecule has 5 nitrogen and oxygen atoms in total. The van der Waals surface area contributed by atoms with Crippen LogP contribution >= 0.6 is 0 Å². The highest BCUT2D eigenvalue weighted by molar-refractivity contribution is 6.11. The van der Waals surface area contributed by atoms with Crippen molar-refractivity contribution < 1.29 is 4.79 Å². The first-order valence-electron chi connectivity index (χ1n) is 6.48. The second-order valence-electron chi connectivity index (χ2n) is 4.60. The maximum absolute atomic E-state index is 12.3. The van der Waals surface area contributed by atoms with Crippen LogP contribution < -0.4 is 5.32 Å². The van der Waals surface area contributed by atoms with Crippen LogP contribution in [0.5, 0.6) is 0 Å². The third kappa shape index (κ3) is 2.60. The lowest BCUT2D eigenvalue weighted by Crippen LogP contribution is -2.12. The molecule has 0 aliphatic rings. The average Bonchev–Trinajstić information content (AvgIpc) is 2.93. The maximum atomic E-state index is 12.3. The first-order valence-corrected chi connectivity index (χ1v) is 6.48. The van der Waals surface area contributed by atoms with Gasteiger partial charge in [0.25, 0.3) is 5.91 Å². The summed E-state index contributed by atoms with van der Waals surface area (Å²) in [6.07, 6.45) is 0.359. The van der Waals surface area contributed by atoms with E-state index in [1.54, 1.807) is 12.1 Å². The molecule has 2 N–H and O–H groups in total. The monoisotopic (exact) mass is 276 g/mol. The molecule has 0 saturated carbocycles. The average molecular weight is 276 g/mol. The number of carbonyl (C=O) groups is 1. The summed E-state index contributed by atoms with van der Waals surface area (Å²) in [5.74, 6) is -0.263. The van der Waals surface area contributed by atoms with Gasteiger partial charge in [-0.3, -0.25) is 9.89 Å². The van der Waals surface area contributed by atoms with Crippen LogP contribution in [-0.2, 0) is 6.42 Å². The second kappa shape index (κ2) is 5.47. The number of fused-ring (bicyclic) bond motifs is 1. The summed E-state index contributed by atoms with van der Waals surface area (Å²) >= 11 is 0. The van der Waals surface area contributed by atoms with Gasteiger partial charge in [-0.15, -0.1) is 0 Å². The van der Waals surface area contributed by atoms with Crippen molar-refractivity contribution in [2.24, 2.45) is 0 Å². The van der Waals surface area contributed by atoms with Gasteiger partial charge in [0.1, 0.15) is 0 Å². The number of hydrogen-bond acceptors (Lipinski definition) is 3. The van der Waals surface area contributed by atoms with E-state index in [1.165, 1.54) is 0 Å². The number of hydrogen-bond donors (Lipinski definition) is 2. The summed E-state index contributed by atoms with van der Waals surface area (Å²) in [6.45, 7) is 0. The van der Waals surface area contributed by atoms with Gasteiger partial charge in [-0.2, -0.15) is 10.4 Å². The Morgan fingerprint density at radius 1 is 1.19 bits per heavy atom. The van der Waals surface area contributed by atoms with E-state index in [4.69, 9.17) is 5.26 Å². The van der Waals surface area contributed by atoms with E-state index < -0.39 is 0 Å². The number of aromatic amines is 1. The van der Waals surface area contributed by atoms with Crippen LogP contribution in [0, 0.1) is 11.3 Å². The lowest BCUT2D eigenvalue weighted by atomic mass is 10.1. The van der Waals surface area contributed by atoms with Crippen LogP contribution in [0.1, 0.15) is 16.1 Å². The fourth-order valence-corrected chi connectivity index (χ4v) is 2.12. The minimum Gasteiger partial charge on any atom is -0.321 e. The van der Waals surface area contributed by atoms with Crippen molar-refractivity contribution in [1.82, 2.24) is 10.2 Å². The summed E-state index contributed by atoms with van der Waals surface area (Å²) in [5, 5.41) is 19.1. The third-order valence-electron chi connectivity index (χ3n) is 3.18. The highest BCUT2D eigenvalue weighted by Crippen LogP contribution is 2.17. The summed E-state index contributed by atoms with van der Waals surface area (Å²) in [6, 6.07) is 16.8. The normalized spacial score (nSPS) is 10.2. The second-order valence-corrected chi connectivity index (χ2v) is 4.60. The molecule has 0 atom stereocenters. The Hall–Kier alpha value is -3.13. The Morgan fingerprint density at radius 3 is 2.71 bits per heavy atom. The van der Waals surface area contributed by atoms with Gasteiger partial charge in [-0.25, -0.2) is 0 Å². The predicted octanol–water partition coefficient (Wildman–Crippen LogP) is 2.88. The number of H-pyrrole nitrogens is 1. The minimum absolute atomic E-state index is 0.263. The number of rotatable bonds is 3. The van der Waals surface area contributed by atoms with E-state index in [-0.39, 0.29) is 5.91 Å². The van der Waals surface area contributed by atoms with Crippen LogP contribution in [0.4, 0.5) is 5.69 Å². The van der Waals surface area contributed by atoms with E-state index in [0.717, 1.165) is 16.5 Å². The zero-order chi connectivity index (χ0) is 14.7.